The van der Waals surface area contributed by atoms with E-state index < -0.39 is 5.91 Å². The minimum Gasteiger partial charge on any atom is -0.507 e. The van der Waals surface area contributed by atoms with Crippen molar-refractivity contribution >= 4 is 22.6 Å². The number of aromatic hydroxyl groups is 1. The third-order valence-electron chi connectivity index (χ3n) is 8.10. The van der Waals surface area contributed by atoms with Crippen LogP contribution in [0.3, 0.4) is 0 Å². The molecule has 0 radical (unpaired) electrons. The van der Waals surface area contributed by atoms with Crippen molar-refractivity contribution in [1.29, 1.82) is 0 Å². The molecule has 3 aromatic rings. The van der Waals surface area contributed by atoms with Crippen molar-refractivity contribution in [3.05, 3.63) is 42.1 Å². The average Bonchev–Trinajstić information content (AvgIpc) is 2.80. The summed E-state index contributed by atoms with van der Waals surface area (Å²) >= 11 is 0. The zero-order valence-electron chi connectivity index (χ0n) is 20.2. The quantitative estimate of drug-likeness (QED) is 0.544. The molecule has 178 valence electrons. The van der Waals surface area contributed by atoms with E-state index in [1.807, 2.05) is 12.1 Å². The van der Waals surface area contributed by atoms with Crippen LogP contribution in [0.15, 0.2) is 36.4 Å². The molecular weight excluding hydrogens is 428 g/mol. The van der Waals surface area contributed by atoms with Crippen LogP contribution in [0, 0.1) is 5.92 Å². The second-order valence-corrected chi connectivity index (χ2v) is 10.5. The first kappa shape index (κ1) is 22.5. The van der Waals surface area contributed by atoms with Gasteiger partial charge >= 0.3 is 0 Å². The molecule has 0 spiro atoms. The van der Waals surface area contributed by atoms with E-state index in [0.29, 0.717) is 28.7 Å². The van der Waals surface area contributed by atoms with Gasteiger partial charge in [0.25, 0.3) is 5.91 Å². The van der Waals surface area contributed by atoms with E-state index in [1.54, 1.807) is 18.2 Å². The van der Waals surface area contributed by atoms with Crippen molar-refractivity contribution in [1.82, 2.24) is 20.5 Å². The molecule has 2 fully saturated rings. The molecule has 2 saturated heterocycles. The highest BCUT2D eigenvalue weighted by Crippen LogP contribution is 2.45. The molecule has 8 heteroatoms. The third-order valence-corrected chi connectivity index (χ3v) is 8.10. The highest BCUT2D eigenvalue weighted by molar-refractivity contribution is 5.95. The van der Waals surface area contributed by atoms with Crippen LogP contribution >= 0.6 is 0 Å². The lowest BCUT2D eigenvalue weighted by molar-refractivity contribution is 0.0308. The first-order chi connectivity index (χ1) is 16.1. The van der Waals surface area contributed by atoms with Gasteiger partial charge in [0.15, 0.2) is 5.82 Å². The highest BCUT2D eigenvalue weighted by Gasteiger charge is 2.51. The zero-order valence-corrected chi connectivity index (χ0v) is 20.2. The summed E-state index contributed by atoms with van der Waals surface area (Å²) in [5.74, 6) is 0.707. The van der Waals surface area contributed by atoms with Gasteiger partial charge in [0, 0.05) is 41.2 Å². The van der Waals surface area contributed by atoms with Gasteiger partial charge in [0.1, 0.15) is 11.4 Å². The molecule has 5 rings (SSSR count). The number of rotatable bonds is 4. The lowest BCUT2D eigenvalue weighted by atomic mass is 9.64. The Labute approximate surface area is 199 Å². The summed E-state index contributed by atoms with van der Waals surface area (Å²) in [6.45, 7) is 7.04. The molecule has 2 bridgehead atoms. The second-order valence-electron chi connectivity index (χ2n) is 10.5. The Kier molecular flexibility index (Phi) is 5.24. The average molecular weight is 461 g/mol. The van der Waals surface area contributed by atoms with Crippen LogP contribution in [-0.2, 0) is 0 Å². The van der Waals surface area contributed by atoms with Gasteiger partial charge in [0.05, 0.1) is 11.2 Å². The number of phenolic OH excluding ortho intramolecular Hbond substituents is 1. The van der Waals surface area contributed by atoms with Crippen LogP contribution in [0.2, 0.25) is 0 Å². The number of carbonyl (C=O) groups is 1. The molecule has 4 heterocycles. The number of nitrogens with zero attached hydrogens (tertiary/aromatic N) is 4. The predicted molar refractivity (Wildman–Crippen MR) is 133 cm³/mol. The Morgan fingerprint density at radius 3 is 2.68 bits per heavy atom. The Hall–Kier alpha value is -3.26. The van der Waals surface area contributed by atoms with Gasteiger partial charge in [0.2, 0.25) is 0 Å². The molecule has 4 unspecified atom stereocenters. The molecule has 2 aliphatic heterocycles. The highest BCUT2D eigenvalue weighted by atomic mass is 16.3. The van der Waals surface area contributed by atoms with Crippen molar-refractivity contribution in [2.75, 3.05) is 11.9 Å². The second kappa shape index (κ2) is 7.91. The maximum Gasteiger partial charge on any atom is 0.267 e. The van der Waals surface area contributed by atoms with E-state index in [1.165, 1.54) is 25.3 Å². The van der Waals surface area contributed by atoms with E-state index in [0.717, 1.165) is 17.6 Å². The fourth-order valence-corrected chi connectivity index (χ4v) is 6.02. The standard InChI is InChI=1S/C26H32N6O2/c1-15-21(14-25(2)10-5-11-26(15,3)31-25)32(4)23-9-8-18(29-30-23)17-12-16-6-7-19(24(27)34)28-20(16)13-22(17)33/h6-9,12-13,15,21,31,33H,5,10-11,14H2,1-4H3,(H2,27,34). The first-order valence-electron chi connectivity index (χ1n) is 11.9. The van der Waals surface area contributed by atoms with E-state index in [9.17, 15) is 9.90 Å². The molecule has 1 amide bonds. The summed E-state index contributed by atoms with van der Waals surface area (Å²) in [5, 5.41) is 24.3. The molecular formula is C26H32N6O2. The summed E-state index contributed by atoms with van der Waals surface area (Å²) in [6.07, 6.45) is 4.72. The lowest BCUT2D eigenvalue weighted by Gasteiger charge is -2.58. The number of hydrogen-bond donors (Lipinski definition) is 3. The summed E-state index contributed by atoms with van der Waals surface area (Å²) in [7, 11) is 2.11. The molecule has 34 heavy (non-hydrogen) atoms. The van der Waals surface area contributed by atoms with Gasteiger partial charge in [-0.1, -0.05) is 13.0 Å². The van der Waals surface area contributed by atoms with Crippen LogP contribution < -0.4 is 16.0 Å². The largest absolute Gasteiger partial charge is 0.507 e. The molecule has 1 aromatic carbocycles. The summed E-state index contributed by atoms with van der Waals surface area (Å²) in [5.41, 5.74) is 7.37. The van der Waals surface area contributed by atoms with Gasteiger partial charge in [-0.05, 0) is 69.7 Å². The Morgan fingerprint density at radius 1 is 1.18 bits per heavy atom. The zero-order chi connectivity index (χ0) is 24.3. The maximum atomic E-state index is 11.4. The minimum atomic E-state index is -0.606. The molecule has 0 aliphatic carbocycles. The van der Waals surface area contributed by atoms with Crippen LogP contribution in [0.5, 0.6) is 5.75 Å². The number of benzene rings is 1. The third kappa shape index (κ3) is 3.76. The Morgan fingerprint density at radius 2 is 1.97 bits per heavy atom. The summed E-state index contributed by atoms with van der Waals surface area (Å²) in [6, 6.07) is 10.9. The van der Waals surface area contributed by atoms with Crippen LogP contribution in [0.1, 0.15) is 56.9 Å². The van der Waals surface area contributed by atoms with Gasteiger partial charge in [-0.15, -0.1) is 10.2 Å². The summed E-state index contributed by atoms with van der Waals surface area (Å²) < 4.78 is 0. The smallest absolute Gasteiger partial charge is 0.267 e. The number of primary amides is 1. The van der Waals surface area contributed by atoms with Gasteiger partial charge in [-0.2, -0.15) is 0 Å². The van der Waals surface area contributed by atoms with Crippen LogP contribution in [0.25, 0.3) is 22.2 Å². The number of hydrogen-bond acceptors (Lipinski definition) is 7. The fourth-order valence-electron chi connectivity index (χ4n) is 6.02. The molecule has 2 aliphatic rings. The van der Waals surface area contributed by atoms with Crippen molar-refractivity contribution in [3.8, 4) is 17.0 Å². The van der Waals surface area contributed by atoms with E-state index >= 15 is 0 Å². The number of piperidine rings is 2. The number of anilines is 1. The monoisotopic (exact) mass is 460 g/mol. The number of carbonyl (C=O) groups excluding carboxylic acids is 1. The number of pyridine rings is 1. The van der Waals surface area contributed by atoms with E-state index in [2.05, 4.69) is 53.2 Å². The van der Waals surface area contributed by atoms with E-state index in [4.69, 9.17) is 5.73 Å². The predicted octanol–water partition coefficient (Wildman–Crippen LogP) is 3.63. The van der Waals surface area contributed by atoms with Crippen molar-refractivity contribution < 1.29 is 9.90 Å². The Balaban J connectivity index is 1.42. The van der Waals surface area contributed by atoms with Crippen LogP contribution in [0.4, 0.5) is 5.82 Å². The maximum absolute atomic E-state index is 11.4. The molecule has 2 aromatic heterocycles. The molecule has 0 saturated carbocycles. The molecule has 4 atom stereocenters. The fraction of sp³-hybridized carbons (Fsp3) is 0.462. The molecule has 4 N–H and O–H groups in total. The lowest BCUT2D eigenvalue weighted by Crippen LogP contribution is -2.70. The van der Waals surface area contributed by atoms with Gasteiger partial charge in [-0.25, -0.2) is 4.98 Å². The Bertz CT molecular complexity index is 1260. The van der Waals surface area contributed by atoms with Crippen molar-refractivity contribution in [2.24, 2.45) is 11.7 Å². The normalized spacial score (nSPS) is 28.6. The van der Waals surface area contributed by atoms with Gasteiger partial charge < -0.3 is 21.1 Å². The molecule has 8 nitrogen and oxygen atoms in total. The topological polar surface area (TPSA) is 117 Å². The first-order valence-corrected chi connectivity index (χ1v) is 11.9. The number of fused-ring (bicyclic) bond motifs is 3. The van der Waals surface area contributed by atoms with Crippen LogP contribution in [-0.4, -0.2) is 50.4 Å². The van der Waals surface area contributed by atoms with Crippen molar-refractivity contribution in [3.63, 3.8) is 0 Å². The SMILES string of the molecule is CC1C(N(C)c2ccc(-c3cc4ccc(C(N)=O)nc4cc3O)nn2)CC2(C)CCCC1(C)N2. The number of amides is 1. The number of nitrogens with two attached hydrogens (primary N) is 1. The number of nitrogens with one attached hydrogen (secondary N) is 1. The van der Waals surface area contributed by atoms with E-state index in [-0.39, 0.29) is 22.5 Å². The number of phenols is 1. The number of aromatic nitrogens is 3. The van der Waals surface area contributed by atoms with Gasteiger partial charge in [-0.3, -0.25) is 4.79 Å². The minimum absolute atomic E-state index is 0.0256. The van der Waals surface area contributed by atoms with Crippen molar-refractivity contribution in [2.45, 2.75) is 63.6 Å². The summed E-state index contributed by atoms with van der Waals surface area (Å²) in [4.78, 5) is 17.9.